The van der Waals surface area contributed by atoms with Crippen LogP contribution in [0.25, 0.3) is 0 Å². The number of halogens is 1. The number of amides is 3. The molecule has 0 bridgehead atoms. The second-order valence-electron chi connectivity index (χ2n) is 8.47. The van der Waals surface area contributed by atoms with Crippen LogP contribution in [0.15, 0.2) is 24.3 Å². The van der Waals surface area contributed by atoms with Gasteiger partial charge < -0.3 is 9.80 Å². The molecule has 0 radical (unpaired) electrons. The highest BCUT2D eigenvalue weighted by atomic mass is 19.1. The molecule has 0 unspecified atom stereocenters. The fraction of sp³-hybridized carbons (Fsp3) is 0.591. The van der Waals surface area contributed by atoms with Crippen LogP contribution in [0.5, 0.6) is 0 Å². The van der Waals surface area contributed by atoms with E-state index in [1.165, 1.54) is 15.9 Å². The van der Waals surface area contributed by atoms with Crippen LogP contribution < -0.4 is 4.90 Å². The van der Waals surface area contributed by atoms with E-state index >= 15 is 0 Å². The van der Waals surface area contributed by atoms with Gasteiger partial charge in [0.25, 0.3) is 0 Å². The maximum Gasteiger partial charge on any atom is 0.233 e. The van der Waals surface area contributed by atoms with E-state index in [1.807, 2.05) is 17.0 Å². The van der Waals surface area contributed by atoms with Gasteiger partial charge in [-0.1, -0.05) is 31.0 Å². The van der Waals surface area contributed by atoms with Gasteiger partial charge in [-0.05, 0) is 18.9 Å². The van der Waals surface area contributed by atoms with Gasteiger partial charge in [-0.2, -0.15) is 0 Å². The topological polar surface area (TPSA) is 62.1 Å². The first-order valence-corrected chi connectivity index (χ1v) is 10.7. The molecule has 6 nitrogen and oxygen atoms in total. The Bertz CT molecular complexity index is 767. The fourth-order valence-corrected chi connectivity index (χ4v) is 4.98. The van der Waals surface area contributed by atoms with E-state index in [-0.39, 0.29) is 48.3 Å². The quantitative estimate of drug-likeness (QED) is 0.735. The zero-order chi connectivity index (χ0) is 20.4. The second-order valence-corrected chi connectivity index (χ2v) is 8.47. The lowest BCUT2D eigenvalue weighted by Crippen LogP contribution is -3.13. The van der Waals surface area contributed by atoms with Gasteiger partial charge in [-0.25, -0.2) is 4.39 Å². The molecule has 3 fully saturated rings. The van der Waals surface area contributed by atoms with E-state index in [9.17, 15) is 18.8 Å². The molecule has 29 heavy (non-hydrogen) atoms. The minimum absolute atomic E-state index is 0.00888. The summed E-state index contributed by atoms with van der Waals surface area (Å²) in [6, 6.07) is 6.82. The van der Waals surface area contributed by atoms with Gasteiger partial charge in [0.1, 0.15) is 12.4 Å². The van der Waals surface area contributed by atoms with E-state index in [1.54, 1.807) is 6.07 Å². The smallest absolute Gasteiger partial charge is 0.233 e. The van der Waals surface area contributed by atoms with Gasteiger partial charge in [-0.15, -0.1) is 0 Å². The number of nitrogens with zero attached hydrogens (tertiary/aromatic N) is 2. The number of nitrogens with one attached hydrogen (secondary N) is 1. The average Bonchev–Trinajstić information content (AvgIpc) is 2.99. The van der Waals surface area contributed by atoms with Crippen LogP contribution in [-0.4, -0.2) is 60.2 Å². The van der Waals surface area contributed by atoms with E-state index < -0.39 is 0 Å². The summed E-state index contributed by atoms with van der Waals surface area (Å²) in [5, 5.41) is 0. The van der Waals surface area contributed by atoms with Crippen LogP contribution >= 0.6 is 0 Å². The fourth-order valence-electron chi connectivity index (χ4n) is 4.98. The third-order valence-corrected chi connectivity index (χ3v) is 6.70. The van der Waals surface area contributed by atoms with E-state index in [2.05, 4.69) is 0 Å². The number of hydrogen-bond donors (Lipinski definition) is 1. The Morgan fingerprint density at radius 2 is 1.66 bits per heavy atom. The molecule has 2 saturated heterocycles. The Hall–Kier alpha value is -2.28. The molecule has 1 aromatic carbocycles. The highest BCUT2D eigenvalue weighted by Gasteiger charge is 2.47. The molecule has 1 saturated carbocycles. The third kappa shape index (κ3) is 4.20. The average molecular weight is 402 g/mol. The first-order valence-electron chi connectivity index (χ1n) is 10.7. The molecule has 1 aromatic rings. The standard InChI is InChI=1S/C22H28FN3O3/c23-19-8-4-1-5-16(19)15-24-11-13-25(14-12-24)20(27)9-10-26-21(28)17-6-2-3-7-18(17)22(26)29/h1,4-5,8,17-18H,2-3,6-7,9-15H2/p+1/t17-,18-/m0/s1. The van der Waals surface area contributed by atoms with Crippen molar-refractivity contribution in [2.75, 3.05) is 32.7 Å². The third-order valence-electron chi connectivity index (χ3n) is 6.70. The van der Waals surface area contributed by atoms with Crippen LogP contribution in [0.2, 0.25) is 0 Å². The van der Waals surface area contributed by atoms with Gasteiger partial charge in [0.2, 0.25) is 17.7 Å². The van der Waals surface area contributed by atoms with Crippen molar-refractivity contribution in [3.8, 4) is 0 Å². The van der Waals surface area contributed by atoms with E-state index in [0.29, 0.717) is 25.2 Å². The summed E-state index contributed by atoms with van der Waals surface area (Å²) in [4.78, 5) is 42.1. The zero-order valence-electron chi connectivity index (χ0n) is 16.7. The van der Waals surface area contributed by atoms with Crippen molar-refractivity contribution in [1.82, 2.24) is 9.80 Å². The number of quaternary nitrogens is 1. The van der Waals surface area contributed by atoms with Crippen LogP contribution in [0.1, 0.15) is 37.7 Å². The lowest BCUT2D eigenvalue weighted by Gasteiger charge is -2.32. The predicted octanol–water partition coefficient (Wildman–Crippen LogP) is 0.618. The predicted molar refractivity (Wildman–Crippen MR) is 104 cm³/mol. The van der Waals surface area contributed by atoms with Gasteiger partial charge in [0.05, 0.1) is 38.0 Å². The molecule has 1 aliphatic carbocycles. The molecule has 3 amide bonds. The zero-order valence-corrected chi connectivity index (χ0v) is 16.7. The van der Waals surface area contributed by atoms with Crippen LogP contribution in [-0.2, 0) is 20.9 Å². The largest absolute Gasteiger partial charge is 0.331 e. The molecule has 2 atom stereocenters. The molecule has 0 aromatic heterocycles. The number of imide groups is 1. The monoisotopic (exact) mass is 402 g/mol. The first kappa shape index (κ1) is 20.0. The van der Waals surface area contributed by atoms with Gasteiger partial charge in [0, 0.05) is 18.5 Å². The normalized spacial score (nSPS) is 25.4. The summed E-state index contributed by atoms with van der Waals surface area (Å²) in [5.74, 6) is -0.656. The van der Waals surface area contributed by atoms with Crippen LogP contribution in [0.4, 0.5) is 4.39 Å². The Kier molecular flexibility index (Phi) is 5.94. The number of carbonyl (C=O) groups excluding carboxylic acids is 3. The van der Waals surface area contributed by atoms with Crippen molar-refractivity contribution in [2.45, 2.75) is 38.6 Å². The number of carbonyl (C=O) groups is 3. The van der Waals surface area contributed by atoms with Crippen molar-refractivity contribution in [1.29, 1.82) is 0 Å². The Balaban J connectivity index is 1.25. The first-order chi connectivity index (χ1) is 14.0. The maximum atomic E-state index is 13.8. The summed E-state index contributed by atoms with van der Waals surface area (Å²) in [5.41, 5.74) is 0.704. The van der Waals surface area contributed by atoms with Crippen molar-refractivity contribution in [2.24, 2.45) is 11.8 Å². The molecule has 4 rings (SSSR count). The lowest BCUT2D eigenvalue weighted by atomic mass is 9.81. The molecule has 1 N–H and O–H groups in total. The number of fused-ring (bicyclic) bond motifs is 1. The Morgan fingerprint density at radius 1 is 1.03 bits per heavy atom. The summed E-state index contributed by atoms with van der Waals surface area (Å²) < 4.78 is 13.8. The number of hydrogen-bond acceptors (Lipinski definition) is 3. The highest BCUT2D eigenvalue weighted by molar-refractivity contribution is 6.05. The summed E-state index contributed by atoms with van der Waals surface area (Å²) >= 11 is 0. The Labute approximate surface area is 170 Å². The number of benzene rings is 1. The highest BCUT2D eigenvalue weighted by Crippen LogP contribution is 2.37. The SMILES string of the molecule is O=C(CCN1C(=O)[C@H]2CCCC[C@@H]2C1=O)N1CC[NH+](Cc2ccccc2F)CC1. The number of rotatable bonds is 5. The summed E-state index contributed by atoms with van der Waals surface area (Å²) in [6.45, 7) is 3.60. The number of piperazine rings is 1. The van der Waals surface area contributed by atoms with Crippen molar-refractivity contribution < 1.29 is 23.7 Å². The molecule has 0 spiro atoms. The maximum absolute atomic E-state index is 13.8. The van der Waals surface area contributed by atoms with Crippen LogP contribution in [0, 0.1) is 17.7 Å². The Morgan fingerprint density at radius 3 is 2.28 bits per heavy atom. The van der Waals surface area contributed by atoms with Crippen LogP contribution in [0.3, 0.4) is 0 Å². The summed E-state index contributed by atoms with van der Waals surface area (Å²) in [6.07, 6.45) is 3.80. The van der Waals surface area contributed by atoms with Crippen molar-refractivity contribution in [3.63, 3.8) is 0 Å². The minimum atomic E-state index is -0.181. The lowest BCUT2D eigenvalue weighted by molar-refractivity contribution is -0.917. The molecular weight excluding hydrogens is 373 g/mol. The minimum Gasteiger partial charge on any atom is -0.331 e. The van der Waals surface area contributed by atoms with Gasteiger partial charge >= 0.3 is 0 Å². The molecule has 2 aliphatic heterocycles. The second kappa shape index (κ2) is 8.61. The van der Waals surface area contributed by atoms with Crippen molar-refractivity contribution >= 4 is 17.7 Å². The van der Waals surface area contributed by atoms with Crippen molar-refractivity contribution in [3.05, 3.63) is 35.6 Å². The van der Waals surface area contributed by atoms with E-state index in [0.717, 1.165) is 38.8 Å². The molecule has 156 valence electrons. The van der Waals surface area contributed by atoms with E-state index in [4.69, 9.17) is 0 Å². The summed E-state index contributed by atoms with van der Waals surface area (Å²) in [7, 11) is 0. The molecular formula is C22H29FN3O3+. The van der Waals surface area contributed by atoms with Gasteiger partial charge in [0.15, 0.2) is 0 Å². The van der Waals surface area contributed by atoms with Gasteiger partial charge in [-0.3, -0.25) is 19.3 Å². The molecule has 3 aliphatic rings. The molecule has 7 heteroatoms. The molecule has 2 heterocycles. The number of likely N-dealkylation sites (tertiary alicyclic amines) is 1.